The van der Waals surface area contributed by atoms with Crippen molar-refractivity contribution in [1.29, 1.82) is 0 Å². The second kappa shape index (κ2) is 15.7. The molecule has 4 atom stereocenters. The monoisotopic (exact) mass is 595 g/mol. The molecule has 0 bridgehead atoms. The summed E-state index contributed by atoms with van der Waals surface area (Å²) < 4.78 is 0. The van der Waals surface area contributed by atoms with Crippen LogP contribution >= 0.6 is 11.3 Å². The van der Waals surface area contributed by atoms with E-state index < -0.39 is 30.3 Å². The van der Waals surface area contributed by atoms with E-state index in [2.05, 4.69) is 15.6 Å². The van der Waals surface area contributed by atoms with Gasteiger partial charge in [0, 0.05) is 25.0 Å². The number of thiazole rings is 1. The number of carbonyl (C=O) groups is 2. The minimum absolute atomic E-state index is 0.0873. The first-order valence-electron chi connectivity index (χ1n) is 14.5. The molecule has 0 fully saturated rings. The van der Waals surface area contributed by atoms with Crippen LogP contribution in [0.2, 0.25) is 0 Å². The Labute approximate surface area is 253 Å². The number of benzene rings is 2. The molecule has 9 nitrogen and oxygen atoms in total. The van der Waals surface area contributed by atoms with Gasteiger partial charge in [0.05, 0.1) is 17.7 Å². The van der Waals surface area contributed by atoms with Crippen LogP contribution in [0.15, 0.2) is 60.7 Å². The van der Waals surface area contributed by atoms with Gasteiger partial charge >= 0.3 is 6.03 Å². The number of aromatic hydroxyl groups is 1. The van der Waals surface area contributed by atoms with Crippen LogP contribution in [0.4, 0.5) is 4.79 Å². The summed E-state index contributed by atoms with van der Waals surface area (Å²) in [4.78, 5) is 32.5. The number of rotatable bonds is 14. The van der Waals surface area contributed by atoms with Crippen molar-refractivity contribution in [2.75, 3.05) is 7.05 Å². The molecule has 1 aromatic heterocycles. The van der Waals surface area contributed by atoms with Crippen molar-refractivity contribution >= 4 is 23.3 Å². The van der Waals surface area contributed by atoms with Gasteiger partial charge in [0.15, 0.2) is 5.06 Å². The summed E-state index contributed by atoms with van der Waals surface area (Å²) in [6.07, 6.45) is 0.424. The standard InChI is InChI=1S/C32H45N5O4S/c1-20(2)28(36-32(41)37(5)19-26-31(40)42-30(35-26)21(3)4)29(39)34-24(16-22-12-8-6-9-13-22)18-27(38)25(33)17-23-14-10-7-11-15-23/h6-15,20-21,24-25,27-28,38,40H,16-19,33H2,1-5H3,(H,34,39)(H,36,41)/t24-,25-,27-,28-/m0/s1. The summed E-state index contributed by atoms with van der Waals surface area (Å²) in [7, 11) is 1.60. The zero-order valence-corrected chi connectivity index (χ0v) is 26.0. The van der Waals surface area contributed by atoms with Gasteiger partial charge in [-0.05, 0) is 36.3 Å². The maximum Gasteiger partial charge on any atom is 0.318 e. The van der Waals surface area contributed by atoms with Crippen LogP contribution < -0.4 is 16.4 Å². The van der Waals surface area contributed by atoms with Gasteiger partial charge < -0.3 is 31.5 Å². The molecule has 0 unspecified atom stereocenters. The second-order valence-electron chi connectivity index (χ2n) is 11.5. The predicted molar refractivity (Wildman–Crippen MR) is 167 cm³/mol. The fourth-order valence-electron chi connectivity index (χ4n) is 4.66. The van der Waals surface area contributed by atoms with Gasteiger partial charge in [-0.15, -0.1) is 0 Å². The molecule has 0 radical (unpaired) electrons. The highest BCUT2D eigenvalue weighted by Crippen LogP contribution is 2.31. The predicted octanol–water partition coefficient (Wildman–Crippen LogP) is 4.19. The molecular formula is C32H45N5O4S. The average Bonchev–Trinajstić information content (AvgIpc) is 3.32. The number of aliphatic hydroxyl groups is 1. The third kappa shape index (κ3) is 9.82. The number of urea groups is 1. The third-order valence-electron chi connectivity index (χ3n) is 7.15. The average molecular weight is 596 g/mol. The van der Waals surface area contributed by atoms with E-state index in [4.69, 9.17) is 5.73 Å². The zero-order chi connectivity index (χ0) is 30.8. The van der Waals surface area contributed by atoms with Crippen LogP contribution in [-0.4, -0.2) is 63.3 Å². The molecule has 6 N–H and O–H groups in total. The molecular weight excluding hydrogens is 550 g/mol. The van der Waals surface area contributed by atoms with E-state index in [1.54, 1.807) is 7.05 Å². The van der Waals surface area contributed by atoms with Gasteiger partial charge in [-0.3, -0.25) is 4.79 Å². The van der Waals surface area contributed by atoms with E-state index >= 15 is 0 Å². The SMILES string of the molecule is CC(C)c1nc(CN(C)C(=O)N[C@H](C(=O)N[C@@H](Cc2ccccc2)C[C@H](O)[C@@H](N)Cc2ccccc2)C(C)C)c(O)s1. The number of amides is 3. The quantitative estimate of drug-likeness (QED) is 0.189. The Bertz CT molecular complexity index is 1270. The van der Waals surface area contributed by atoms with Crippen molar-refractivity contribution in [3.63, 3.8) is 0 Å². The Kier molecular flexibility index (Phi) is 12.3. The number of hydrogen-bond acceptors (Lipinski definition) is 7. The molecule has 0 aliphatic heterocycles. The summed E-state index contributed by atoms with van der Waals surface area (Å²) in [6, 6.07) is 17.3. The normalized spacial score (nSPS) is 14.3. The Hall–Kier alpha value is -3.47. The highest BCUT2D eigenvalue weighted by atomic mass is 32.1. The van der Waals surface area contributed by atoms with Crippen LogP contribution in [0.3, 0.4) is 0 Å². The lowest BCUT2D eigenvalue weighted by molar-refractivity contribution is -0.124. The lowest BCUT2D eigenvalue weighted by Gasteiger charge is -2.29. The molecule has 3 rings (SSSR count). The molecule has 228 valence electrons. The van der Waals surface area contributed by atoms with E-state index in [0.717, 1.165) is 16.1 Å². The largest absolute Gasteiger partial charge is 0.498 e. The van der Waals surface area contributed by atoms with Gasteiger partial charge in [-0.2, -0.15) is 0 Å². The Morgan fingerprint density at radius 2 is 1.52 bits per heavy atom. The minimum atomic E-state index is -0.848. The molecule has 0 saturated carbocycles. The van der Waals surface area contributed by atoms with E-state index in [1.807, 2.05) is 88.4 Å². The maximum atomic E-state index is 13.6. The first-order valence-corrected chi connectivity index (χ1v) is 15.3. The smallest absolute Gasteiger partial charge is 0.318 e. The van der Waals surface area contributed by atoms with Crippen molar-refractivity contribution in [2.24, 2.45) is 11.7 Å². The lowest BCUT2D eigenvalue weighted by Crippen LogP contribution is -2.55. The zero-order valence-electron chi connectivity index (χ0n) is 25.2. The molecule has 0 aliphatic carbocycles. The van der Waals surface area contributed by atoms with Crippen LogP contribution in [0.5, 0.6) is 5.06 Å². The van der Waals surface area contributed by atoms with E-state index in [1.165, 1.54) is 16.2 Å². The Balaban J connectivity index is 1.68. The Morgan fingerprint density at radius 3 is 2.05 bits per heavy atom. The molecule has 3 aromatic rings. The molecule has 1 heterocycles. The number of nitrogens with zero attached hydrogens (tertiary/aromatic N) is 2. The molecule has 42 heavy (non-hydrogen) atoms. The first-order chi connectivity index (χ1) is 19.9. The van der Waals surface area contributed by atoms with Crippen molar-refractivity contribution < 1.29 is 19.8 Å². The summed E-state index contributed by atoms with van der Waals surface area (Å²) in [5, 5.41) is 28.1. The summed E-state index contributed by atoms with van der Waals surface area (Å²) in [5.41, 5.74) is 8.85. The Morgan fingerprint density at radius 1 is 0.952 bits per heavy atom. The van der Waals surface area contributed by atoms with Gasteiger partial charge in [-0.25, -0.2) is 9.78 Å². The van der Waals surface area contributed by atoms with Crippen molar-refractivity contribution in [3.05, 3.63) is 82.5 Å². The second-order valence-corrected chi connectivity index (χ2v) is 12.5. The molecule has 0 aliphatic rings. The fourth-order valence-corrected chi connectivity index (χ4v) is 5.48. The summed E-state index contributed by atoms with van der Waals surface area (Å²) in [5.74, 6) is -0.377. The minimum Gasteiger partial charge on any atom is -0.498 e. The number of aromatic nitrogens is 1. The van der Waals surface area contributed by atoms with Gasteiger partial charge in [0.25, 0.3) is 0 Å². The first kappa shape index (κ1) is 33.0. The lowest BCUT2D eigenvalue weighted by atomic mass is 9.93. The number of aliphatic hydroxyl groups excluding tert-OH is 1. The highest BCUT2D eigenvalue weighted by molar-refractivity contribution is 7.13. The van der Waals surface area contributed by atoms with Crippen LogP contribution in [-0.2, 0) is 24.2 Å². The van der Waals surface area contributed by atoms with E-state index in [0.29, 0.717) is 18.5 Å². The molecule has 10 heteroatoms. The van der Waals surface area contributed by atoms with E-state index in [-0.39, 0.29) is 35.8 Å². The number of hydrogen-bond donors (Lipinski definition) is 5. The number of carbonyl (C=O) groups excluding carboxylic acids is 2. The van der Waals surface area contributed by atoms with Gasteiger partial charge in [0.1, 0.15) is 11.7 Å². The van der Waals surface area contributed by atoms with Crippen molar-refractivity contribution in [2.45, 2.75) is 83.6 Å². The number of nitrogens with one attached hydrogen (secondary N) is 2. The maximum absolute atomic E-state index is 13.6. The van der Waals surface area contributed by atoms with E-state index in [9.17, 15) is 19.8 Å². The molecule has 0 spiro atoms. The topological polar surface area (TPSA) is 141 Å². The van der Waals surface area contributed by atoms with Crippen LogP contribution in [0, 0.1) is 5.92 Å². The van der Waals surface area contributed by atoms with Crippen LogP contribution in [0.1, 0.15) is 61.9 Å². The summed E-state index contributed by atoms with van der Waals surface area (Å²) >= 11 is 1.21. The molecule has 2 aromatic carbocycles. The molecule has 3 amide bonds. The van der Waals surface area contributed by atoms with Crippen molar-refractivity contribution in [3.8, 4) is 5.06 Å². The molecule has 0 saturated heterocycles. The van der Waals surface area contributed by atoms with Gasteiger partial charge in [0.2, 0.25) is 5.91 Å². The highest BCUT2D eigenvalue weighted by Gasteiger charge is 2.29. The van der Waals surface area contributed by atoms with Crippen LogP contribution in [0.25, 0.3) is 0 Å². The third-order valence-corrected chi connectivity index (χ3v) is 8.36. The summed E-state index contributed by atoms with van der Waals surface area (Å²) in [6.45, 7) is 7.82. The van der Waals surface area contributed by atoms with Gasteiger partial charge in [-0.1, -0.05) is 99.7 Å². The van der Waals surface area contributed by atoms with Crippen molar-refractivity contribution in [1.82, 2.24) is 20.5 Å². The fraction of sp³-hybridized carbons (Fsp3) is 0.469. The number of nitrogens with two attached hydrogens (primary N) is 1.